The van der Waals surface area contributed by atoms with E-state index in [-0.39, 0.29) is 5.91 Å². The van der Waals surface area contributed by atoms with Crippen LogP contribution in [0, 0.1) is 0 Å². The summed E-state index contributed by atoms with van der Waals surface area (Å²) in [5, 5.41) is 9.56. The maximum atomic E-state index is 12.7. The Hall–Kier alpha value is -5.43. The van der Waals surface area contributed by atoms with Gasteiger partial charge in [-0.2, -0.15) is 9.61 Å². The number of rotatable bonds is 5. The average Bonchev–Trinajstić information content (AvgIpc) is 3.60. The molecule has 0 aliphatic rings. The molecule has 3 aromatic heterocycles. The Kier molecular flexibility index (Phi) is 5.11. The van der Waals surface area contributed by atoms with Crippen LogP contribution in [-0.4, -0.2) is 20.5 Å². The maximum absolute atomic E-state index is 12.7. The molecule has 1 amide bonds. The zero-order valence-corrected chi connectivity index (χ0v) is 20.2. The minimum Gasteiger partial charge on any atom is -0.454 e. The molecule has 7 aromatic rings. The van der Waals surface area contributed by atoms with Crippen LogP contribution in [0.1, 0.15) is 10.4 Å². The molecular formula is C31H21N5O2. The van der Waals surface area contributed by atoms with Crippen molar-refractivity contribution in [1.82, 2.24) is 14.6 Å². The van der Waals surface area contributed by atoms with Gasteiger partial charge in [0.15, 0.2) is 5.58 Å². The van der Waals surface area contributed by atoms with Crippen molar-refractivity contribution in [3.05, 3.63) is 127 Å². The van der Waals surface area contributed by atoms with Crippen molar-refractivity contribution in [1.29, 1.82) is 0 Å². The molecule has 7 nitrogen and oxygen atoms in total. The van der Waals surface area contributed by atoms with E-state index in [9.17, 15) is 4.79 Å². The molecule has 0 fully saturated rings. The average molecular weight is 496 g/mol. The van der Waals surface area contributed by atoms with Crippen LogP contribution in [0.3, 0.4) is 0 Å². The Balaban J connectivity index is 1.36. The quantitative estimate of drug-likeness (QED) is 0.270. The van der Waals surface area contributed by atoms with E-state index in [4.69, 9.17) is 9.40 Å². The molecule has 7 heteroatoms. The Morgan fingerprint density at radius 3 is 2.39 bits per heavy atom. The molecule has 0 aliphatic carbocycles. The van der Waals surface area contributed by atoms with Crippen molar-refractivity contribution in [3.63, 3.8) is 0 Å². The molecule has 4 aromatic carbocycles. The van der Waals surface area contributed by atoms with Gasteiger partial charge in [-0.05, 0) is 60.7 Å². The highest BCUT2D eigenvalue weighted by Gasteiger charge is 2.22. The number of amides is 1. The smallest absolute Gasteiger partial charge is 0.255 e. The summed E-state index contributed by atoms with van der Waals surface area (Å²) in [7, 11) is 0. The van der Waals surface area contributed by atoms with Crippen LogP contribution in [0.15, 0.2) is 126 Å². The van der Waals surface area contributed by atoms with Crippen molar-refractivity contribution >= 4 is 56.4 Å². The predicted molar refractivity (Wildman–Crippen MR) is 149 cm³/mol. The van der Waals surface area contributed by atoms with Gasteiger partial charge in [0.25, 0.3) is 5.91 Å². The summed E-state index contributed by atoms with van der Waals surface area (Å²) >= 11 is 0. The van der Waals surface area contributed by atoms with E-state index in [0.717, 1.165) is 38.8 Å². The van der Waals surface area contributed by atoms with E-state index in [1.165, 1.54) is 0 Å². The molecule has 0 unspecified atom stereocenters. The highest BCUT2D eigenvalue weighted by molar-refractivity contribution is 6.10. The number of aromatic nitrogens is 3. The minimum atomic E-state index is -0.162. The molecule has 0 saturated carbocycles. The summed E-state index contributed by atoms with van der Waals surface area (Å²) in [6.07, 6.45) is 3.52. The molecule has 0 spiro atoms. The second kappa shape index (κ2) is 8.90. The largest absolute Gasteiger partial charge is 0.454 e. The number of nitrogens with zero attached hydrogens (tertiary/aromatic N) is 4. The molecule has 0 bridgehead atoms. The summed E-state index contributed by atoms with van der Waals surface area (Å²) in [6, 6.07) is 34.8. The molecule has 38 heavy (non-hydrogen) atoms. The predicted octanol–water partition coefficient (Wildman–Crippen LogP) is 7.35. The van der Waals surface area contributed by atoms with Gasteiger partial charge in [-0.1, -0.05) is 48.5 Å². The zero-order chi connectivity index (χ0) is 25.5. The van der Waals surface area contributed by atoms with Gasteiger partial charge in [0.05, 0.1) is 17.4 Å². The van der Waals surface area contributed by atoms with Crippen LogP contribution in [0.25, 0.3) is 27.5 Å². The van der Waals surface area contributed by atoms with E-state index in [1.807, 2.05) is 89.8 Å². The van der Waals surface area contributed by atoms with Crippen molar-refractivity contribution in [3.8, 4) is 0 Å². The number of nitrogens with one attached hydrogen (secondary N) is 1. The fraction of sp³-hybridized carbons (Fsp3) is 0. The Labute approximate surface area is 217 Å². The Morgan fingerprint density at radius 1 is 0.763 bits per heavy atom. The third-order valence-electron chi connectivity index (χ3n) is 6.54. The van der Waals surface area contributed by atoms with Gasteiger partial charge < -0.3 is 9.73 Å². The molecule has 0 aliphatic heterocycles. The zero-order valence-electron chi connectivity index (χ0n) is 20.2. The van der Waals surface area contributed by atoms with Gasteiger partial charge >= 0.3 is 0 Å². The minimum absolute atomic E-state index is 0.162. The second-order valence-corrected chi connectivity index (χ2v) is 8.87. The van der Waals surface area contributed by atoms with Crippen LogP contribution in [0.4, 0.5) is 23.0 Å². The fourth-order valence-corrected chi connectivity index (χ4v) is 4.75. The summed E-state index contributed by atoms with van der Waals surface area (Å²) in [6.45, 7) is 0. The Bertz CT molecular complexity index is 1920. The standard InChI is InChI=1S/C31H21N5O2/c37-30(21-7-2-1-3-8-21)34-22-13-15-23(16-14-22)35(31-32-19-17-24-18-20-33-36(24)31)27-11-6-10-26-25-9-4-5-12-28(25)38-29(26)27/h1-20H,(H,34,37). The van der Waals surface area contributed by atoms with E-state index in [2.05, 4.69) is 22.5 Å². The van der Waals surface area contributed by atoms with Crippen LogP contribution < -0.4 is 10.2 Å². The third kappa shape index (κ3) is 3.65. The van der Waals surface area contributed by atoms with Gasteiger partial charge in [0.2, 0.25) is 5.95 Å². The number of furan rings is 1. The molecule has 1 N–H and O–H groups in total. The topological polar surface area (TPSA) is 75.7 Å². The highest BCUT2D eigenvalue weighted by atomic mass is 16.3. The number of para-hydroxylation sites is 2. The maximum Gasteiger partial charge on any atom is 0.255 e. The first kappa shape index (κ1) is 21.8. The fourth-order valence-electron chi connectivity index (χ4n) is 4.75. The van der Waals surface area contributed by atoms with Gasteiger partial charge in [-0.15, -0.1) is 0 Å². The van der Waals surface area contributed by atoms with Crippen molar-refractivity contribution in [2.45, 2.75) is 0 Å². The molecule has 0 atom stereocenters. The van der Waals surface area contributed by atoms with E-state index >= 15 is 0 Å². The van der Waals surface area contributed by atoms with Gasteiger partial charge in [0, 0.05) is 33.9 Å². The molecule has 0 saturated heterocycles. The van der Waals surface area contributed by atoms with Crippen LogP contribution in [-0.2, 0) is 0 Å². The normalized spacial score (nSPS) is 11.3. The van der Waals surface area contributed by atoms with Crippen molar-refractivity contribution in [2.75, 3.05) is 10.2 Å². The lowest BCUT2D eigenvalue weighted by atomic mass is 10.1. The van der Waals surface area contributed by atoms with Crippen molar-refractivity contribution in [2.24, 2.45) is 0 Å². The van der Waals surface area contributed by atoms with E-state index in [1.54, 1.807) is 29.0 Å². The summed E-state index contributed by atoms with van der Waals surface area (Å²) in [5.41, 5.74) is 5.45. The number of carbonyl (C=O) groups excluding carboxylic acids is 1. The first-order chi connectivity index (χ1) is 18.8. The van der Waals surface area contributed by atoms with E-state index < -0.39 is 0 Å². The number of carbonyl (C=O) groups is 1. The number of benzene rings is 4. The number of anilines is 4. The highest BCUT2D eigenvalue weighted by Crippen LogP contribution is 2.41. The van der Waals surface area contributed by atoms with Gasteiger partial charge in [-0.25, -0.2) is 4.98 Å². The first-order valence-electron chi connectivity index (χ1n) is 12.2. The monoisotopic (exact) mass is 495 g/mol. The Morgan fingerprint density at radius 2 is 1.53 bits per heavy atom. The van der Waals surface area contributed by atoms with Crippen LogP contribution in [0.2, 0.25) is 0 Å². The molecule has 182 valence electrons. The van der Waals surface area contributed by atoms with Gasteiger partial charge in [-0.3, -0.25) is 9.69 Å². The molecule has 7 rings (SSSR count). The molecular weight excluding hydrogens is 474 g/mol. The lowest BCUT2D eigenvalue weighted by Crippen LogP contribution is -2.16. The SMILES string of the molecule is O=C(Nc1ccc(N(c2cccc3c2oc2ccccc23)c2nccc3ccnn23)cc1)c1ccccc1. The summed E-state index contributed by atoms with van der Waals surface area (Å²) in [5.74, 6) is 0.451. The summed E-state index contributed by atoms with van der Waals surface area (Å²) < 4.78 is 8.17. The second-order valence-electron chi connectivity index (χ2n) is 8.87. The third-order valence-corrected chi connectivity index (χ3v) is 6.54. The lowest BCUT2D eigenvalue weighted by Gasteiger charge is -2.24. The molecule has 0 radical (unpaired) electrons. The number of fused-ring (bicyclic) bond motifs is 4. The lowest BCUT2D eigenvalue weighted by molar-refractivity contribution is 0.102. The van der Waals surface area contributed by atoms with Crippen LogP contribution >= 0.6 is 0 Å². The number of hydrogen-bond donors (Lipinski definition) is 1. The summed E-state index contributed by atoms with van der Waals surface area (Å²) in [4.78, 5) is 19.4. The van der Waals surface area contributed by atoms with Crippen molar-refractivity contribution < 1.29 is 9.21 Å². The first-order valence-corrected chi connectivity index (χ1v) is 12.2. The van der Waals surface area contributed by atoms with Gasteiger partial charge in [0.1, 0.15) is 5.58 Å². The number of hydrogen-bond acceptors (Lipinski definition) is 5. The molecule has 3 heterocycles. The van der Waals surface area contributed by atoms with E-state index in [0.29, 0.717) is 17.2 Å². The van der Waals surface area contributed by atoms with Crippen LogP contribution in [0.5, 0.6) is 0 Å².